The molecule has 150 valence electrons. The third-order valence-corrected chi connectivity index (χ3v) is 4.54. The molecule has 0 aliphatic carbocycles. The van der Waals surface area contributed by atoms with Gasteiger partial charge in [0.2, 0.25) is 0 Å². The Morgan fingerprint density at radius 2 is 1.83 bits per heavy atom. The van der Waals surface area contributed by atoms with Crippen LogP contribution in [-0.4, -0.2) is 18.4 Å². The van der Waals surface area contributed by atoms with Crippen LogP contribution in [0.2, 0.25) is 10.0 Å². The summed E-state index contributed by atoms with van der Waals surface area (Å²) >= 11 is 12.0. The van der Waals surface area contributed by atoms with Gasteiger partial charge in [-0.1, -0.05) is 23.2 Å². The third-order valence-electron chi connectivity index (χ3n) is 4.05. The van der Waals surface area contributed by atoms with Crippen molar-refractivity contribution in [2.75, 3.05) is 17.2 Å². The Morgan fingerprint density at radius 1 is 1.03 bits per heavy atom. The zero-order chi connectivity index (χ0) is 21.0. The van der Waals surface area contributed by atoms with E-state index < -0.39 is 0 Å². The first kappa shape index (κ1) is 20.8. The average molecular weight is 433 g/mol. The zero-order valence-electron chi connectivity index (χ0n) is 15.7. The topological polar surface area (TPSA) is 80.6 Å². The molecule has 0 atom stereocenters. The molecule has 2 N–H and O–H groups in total. The minimum atomic E-state index is -0.349. The minimum absolute atomic E-state index is 0.210. The first-order valence-electron chi connectivity index (χ1n) is 8.67. The van der Waals surface area contributed by atoms with E-state index in [1.165, 1.54) is 6.26 Å². The summed E-state index contributed by atoms with van der Waals surface area (Å²) in [6.07, 6.45) is 1.43. The van der Waals surface area contributed by atoms with Crippen LogP contribution in [0.1, 0.15) is 21.7 Å². The van der Waals surface area contributed by atoms with Crippen LogP contribution in [0.3, 0.4) is 0 Å². The van der Waals surface area contributed by atoms with E-state index in [-0.39, 0.29) is 24.2 Å². The second-order valence-electron chi connectivity index (χ2n) is 6.33. The van der Waals surface area contributed by atoms with Gasteiger partial charge in [0.05, 0.1) is 11.3 Å². The van der Waals surface area contributed by atoms with Gasteiger partial charge in [0.25, 0.3) is 11.8 Å². The van der Waals surface area contributed by atoms with Crippen molar-refractivity contribution in [3.8, 4) is 5.75 Å². The molecule has 2 aromatic carbocycles. The second kappa shape index (κ2) is 9.03. The molecule has 3 rings (SSSR count). The summed E-state index contributed by atoms with van der Waals surface area (Å²) in [7, 11) is 0. The van der Waals surface area contributed by atoms with Gasteiger partial charge in [-0.15, -0.1) is 0 Å². The number of hydrogen-bond donors (Lipinski definition) is 2. The summed E-state index contributed by atoms with van der Waals surface area (Å²) in [6.45, 7) is 3.41. The SMILES string of the molecule is Cc1cc(NC(=O)COc2c(C)cc(Cl)cc2Cl)ccc1NC(=O)c1ccco1. The number of anilines is 2. The van der Waals surface area contributed by atoms with Gasteiger partial charge in [-0.25, -0.2) is 0 Å². The Kier molecular flexibility index (Phi) is 6.46. The van der Waals surface area contributed by atoms with Gasteiger partial charge in [0.1, 0.15) is 5.75 Å². The van der Waals surface area contributed by atoms with Crippen LogP contribution in [-0.2, 0) is 4.79 Å². The molecule has 0 radical (unpaired) electrons. The van der Waals surface area contributed by atoms with E-state index in [1.807, 2.05) is 6.92 Å². The molecule has 0 bridgehead atoms. The van der Waals surface area contributed by atoms with E-state index in [0.717, 1.165) is 11.1 Å². The molecule has 3 aromatic rings. The smallest absolute Gasteiger partial charge is 0.291 e. The molecule has 6 nitrogen and oxygen atoms in total. The average Bonchev–Trinajstić information content (AvgIpc) is 3.18. The summed E-state index contributed by atoms with van der Waals surface area (Å²) < 4.78 is 10.6. The fourth-order valence-electron chi connectivity index (χ4n) is 2.68. The zero-order valence-corrected chi connectivity index (χ0v) is 17.2. The number of halogens is 2. The Hall–Kier alpha value is -2.96. The lowest BCUT2D eigenvalue weighted by Crippen LogP contribution is -2.20. The van der Waals surface area contributed by atoms with E-state index in [0.29, 0.717) is 27.2 Å². The van der Waals surface area contributed by atoms with Gasteiger partial charge >= 0.3 is 0 Å². The molecule has 0 saturated heterocycles. The maximum Gasteiger partial charge on any atom is 0.291 e. The van der Waals surface area contributed by atoms with Crippen molar-refractivity contribution in [3.63, 3.8) is 0 Å². The van der Waals surface area contributed by atoms with E-state index >= 15 is 0 Å². The molecule has 0 saturated carbocycles. The first-order chi connectivity index (χ1) is 13.8. The van der Waals surface area contributed by atoms with Crippen LogP contribution >= 0.6 is 23.2 Å². The number of ether oxygens (including phenoxy) is 1. The quantitative estimate of drug-likeness (QED) is 0.540. The van der Waals surface area contributed by atoms with Gasteiger partial charge in [0.15, 0.2) is 12.4 Å². The van der Waals surface area contributed by atoms with Crippen molar-refractivity contribution in [3.05, 3.63) is 75.7 Å². The number of rotatable bonds is 6. The number of furan rings is 1. The van der Waals surface area contributed by atoms with Gasteiger partial charge in [-0.2, -0.15) is 0 Å². The van der Waals surface area contributed by atoms with Crippen molar-refractivity contribution in [1.82, 2.24) is 0 Å². The van der Waals surface area contributed by atoms with E-state index in [4.69, 9.17) is 32.4 Å². The van der Waals surface area contributed by atoms with Crippen LogP contribution < -0.4 is 15.4 Å². The summed E-state index contributed by atoms with van der Waals surface area (Å²) in [4.78, 5) is 24.3. The van der Waals surface area contributed by atoms with Crippen molar-refractivity contribution in [1.29, 1.82) is 0 Å². The standard InChI is InChI=1S/C21H18Cl2N2O4/c1-12-9-15(5-6-17(12)25-21(27)18-4-3-7-28-18)24-19(26)11-29-20-13(2)8-14(22)10-16(20)23/h3-10H,11H2,1-2H3,(H,24,26)(H,25,27). The number of hydrogen-bond acceptors (Lipinski definition) is 4. The molecule has 0 fully saturated rings. The van der Waals surface area contributed by atoms with Crippen LogP contribution in [0.25, 0.3) is 0 Å². The highest BCUT2D eigenvalue weighted by atomic mass is 35.5. The first-order valence-corrected chi connectivity index (χ1v) is 9.43. The van der Waals surface area contributed by atoms with Crippen LogP contribution in [0, 0.1) is 13.8 Å². The molecule has 0 aliphatic heterocycles. The van der Waals surface area contributed by atoms with E-state index in [1.54, 1.807) is 49.4 Å². The molecular formula is C21H18Cl2N2O4. The predicted molar refractivity (Wildman–Crippen MR) is 113 cm³/mol. The fourth-order valence-corrected chi connectivity index (χ4v) is 3.33. The second-order valence-corrected chi connectivity index (χ2v) is 7.18. The fraction of sp³-hybridized carbons (Fsp3) is 0.143. The third kappa shape index (κ3) is 5.31. The van der Waals surface area contributed by atoms with E-state index in [2.05, 4.69) is 10.6 Å². The highest BCUT2D eigenvalue weighted by Gasteiger charge is 2.13. The van der Waals surface area contributed by atoms with Crippen molar-refractivity contribution in [2.45, 2.75) is 13.8 Å². The molecule has 0 spiro atoms. The number of nitrogens with one attached hydrogen (secondary N) is 2. The largest absolute Gasteiger partial charge is 0.482 e. The van der Waals surface area contributed by atoms with Crippen molar-refractivity contribution in [2.24, 2.45) is 0 Å². The van der Waals surface area contributed by atoms with Crippen LogP contribution in [0.4, 0.5) is 11.4 Å². The lowest BCUT2D eigenvalue weighted by Gasteiger charge is -2.13. The summed E-state index contributed by atoms with van der Waals surface area (Å²) in [5.74, 6) is -0.0610. The Labute approximate surface area is 177 Å². The minimum Gasteiger partial charge on any atom is -0.482 e. The number of amides is 2. The van der Waals surface area contributed by atoms with Gasteiger partial charge in [0, 0.05) is 16.4 Å². The summed E-state index contributed by atoms with van der Waals surface area (Å²) in [5, 5.41) is 6.35. The monoisotopic (exact) mass is 432 g/mol. The van der Waals surface area contributed by atoms with Gasteiger partial charge < -0.3 is 19.8 Å². The summed E-state index contributed by atoms with van der Waals surface area (Å²) in [6, 6.07) is 11.6. The van der Waals surface area contributed by atoms with Crippen molar-refractivity contribution < 1.29 is 18.7 Å². The molecule has 8 heteroatoms. The molecule has 29 heavy (non-hydrogen) atoms. The predicted octanol–water partition coefficient (Wildman–Crippen LogP) is 5.47. The lowest BCUT2D eigenvalue weighted by molar-refractivity contribution is -0.118. The molecule has 0 aliphatic rings. The molecule has 2 amide bonds. The normalized spacial score (nSPS) is 10.5. The number of carbonyl (C=O) groups excluding carboxylic acids is 2. The maximum atomic E-state index is 12.2. The lowest BCUT2D eigenvalue weighted by atomic mass is 10.1. The Bertz CT molecular complexity index is 1030. The van der Waals surface area contributed by atoms with Crippen LogP contribution in [0.5, 0.6) is 5.75 Å². The van der Waals surface area contributed by atoms with E-state index in [9.17, 15) is 9.59 Å². The van der Waals surface area contributed by atoms with Crippen molar-refractivity contribution >= 4 is 46.4 Å². The Morgan fingerprint density at radius 3 is 2.48 bits per heavy atom. The maximum absolute atomic E-state index is 12.2. The summed E-state index contributed by atoms with van der Waals surface area (Å²) in [5.41, 5.74) is 2.71. The highest BCUT2D eigenvalue weighted by Crippen LogP contribution is 2.31. The number of benzene rings is 2. The highest BCUT2D eigenvalue weighted by molar-refractivity contribution is 6.35. The number of aryl methyl sites for hydroxylation is 2. The molecular weight excluding hydrogens is 415 g/mol. The van der Waals surface area contributed by atoms with Gasteiger partial charge in [-0.3, -0.25) is 9.59 Å². The molecule has 1 heterocycles. The molecule has 0 unspecified atom stereocenters. The Balaban J connectivity index is 1.60. The number of carbonyl (C=O) groups is 2. The van der Waals surface area contributed by atoms with Gasteiger partial charge in [-0.05, 0) is 67.4 Å². The molecule has 1 aromatic heterocycles. The van der Waals surface area contributed by atoms with Crippen LogP contribution in [0.15, 0.2) is 53.1 Å².